The van der Waals surface area contributed by atoms with E-state index in [1.165, 1.54) is 12.1 Å². The molecule has 1 unspecified atom stereocenters. The molecule has 1 aliphatic heterocycles. The van der Waals surface area contributed by atoms with Crippen LogP contribution in [0, 0.1) is 19.8 Å². The summed E-state index contributed by atoms with van der Waals surface area (Å²) in [7, 11) is 0. The molecule has 1 heterocycles. The van der Waals surface area contributed by atoms with Gasteiger partial charge in [0.25, 0.3) is 0 Å². The maximum Gasteiger partial charge on any atom is 0.416 e. The van der Waals surface area contributed by atoms with Crippen LogP contribution in [-0.4, -0.2) is 18.4 Å². The van der Waals surface area contributed by atoms with E-state index in [-0.39, 0.29) is 31.3 Å². The van der Waals surface area contributed by atoms with Crippen LogP contribution in [0.4, 0.5) is 18.9 Å². The van der Waals surface area contributed by atoms with Crippen LogP contribution >= 0.6 is 0 Å². The summed E-state index contributed by atoms with van der Waals surface area (Å²) in [6.45, 7) is 4.13. The number of hydrogen-bond donors (Lipinski definition) is 1. The fourth-order valence-corrected chi connectivity index (χ4v) is 3.34. The summed E-state index contributed by atoms with van der Waals surface area (Å²) in [5, 5.41) is 2.65. The number of carbonyl (C=O) groups is 2. The Morgan fingerprint density at radius 2 is 1.89 bits per heavy atom. The van der Waals surface area contributed by atoms with Gasteiger partial charge in [-0.3, -0.25) is 9.59 Å². The summed E-state index contributed by atoms with van der Waals surface area (Å²) >= 11 is 0. The molecular weight excluding hydrogens is 369 g/mol. The van der Waals surface area contributed by atoms with Crippen LogP contribution in [0.1, 0.15) is 28.7 Å². The first-order chi connectivity index (χ1) is 13.2. The van der Waals surface area contributed by atoms with Gasteiger partial charge in [-0.25, -0.2) is 0 Å². The molecule has 2 aromatic rings. The van der Waals surface area contributed by atoms with E-state index in [0.717, 1.165) is 28.9 Å². The summed E-state index contributed by atoms with van der Waals surface area (Å²) < 4.78 is 38.4. The van der Waals surface area contributed by atoms with E-state index in [2.05, 4.69) is 5.32 Å². The Morgan fingerprint density at radius 3 is 2.61 bits per heavy atom. The van der Waals surface area contributed by atoms with E-state index in [1.807, 2.05) is 32.0 Å². The van der Waals surface area contributed by atoms with Crippen LogP contribution in [0.15, 0.2) is 42.5 Å². The predicted molar refractivity (Wildman–Crippen MR) is 99.7 cm³/mol. The minimum absolute atomic E-state index is 0.0169. The van der Waals surface area contributed by atoms with Gasteiger partial charge in [0, 0.05) is 25.2 Å². The average Bonchev–Trinajstić information content (AvgIpc) is 3.03. The Morgan fingerprint density at radius 1 is 1.18 bits per heavy atom. The maximum absolute atomic E-state index is 12.8. The molecule has 0 saturated carbocycles. The highest BCUT2D eigenvalue weighted by Gasteiger charge is 2.36. The Kier molecular flexibility index (Phi) is 5.45. The fourth-order valence-electron chi connectivity index (χ4n) is 3.34. The Hall–Kier alpha value is -2.83. The molecule has 148 valence electrons. The molecule has 1 N–H and O–H groups in total. The molecule has 1 atom stereocenters. The summed E-state index contributed by atoms with van der Waals surface area (Å²) in [4.78, 5) is 26.5. The zero-order chi connectivity index (χ0) is 20.5. The number of carbonyl (C=O) groups excluding carboxylic acids is 2. The smallest absolute Gasteiger partial charge is 0.352 e. The van der Waals surface area contributed by atoms with E-state index in [0.29, 0.717) is 5.56 Å². The second-order valence-electron chi connectivity index (χ2n) is 7.04. The Balaban J connectivity index is 1.65. The van der Waals surface area contributed by atoms with Crippen molar-refractivity contribution < 1.29 is 22.8 Å². The molecule has 0 aromatic heterocycles. The lowest BCUT2D eigenvalue weighted by molar-refractivity contribution is -0.137. The highest BCUT2D eigenvalue weighted by Crippen LogP contribution is 2.30. The standard InChI is InChI=1S/C21H21F3N2O2/c1-13-5-3-8-18(14(13)2)26-12-16(10-19(26)27)20(28)25-11-15-6-4-7-17(9-15)21(22,23)24/h3-9,16H,10-12H2,1-2H3,(H,25,28). The minimum Gasteiger partial charge on any atom is -0.352 e. The third kappa shape index (κ3) is 4.18. The molecule has 3 rings (SSSR count). The van der Waals surface area contributed by atoms with Gasteiger partial charge >= 0.3 is 6.18 Å². The third-order valence-corrected chi connectivity index (χ3v) is 5.08. The van der Waals surface area contributed by atoms with Gasteiger partial charge in [-0.15, -0.1) is 0 Å². The molecule has 1 fully saturated rings. The number of nitrogens with one attached hydrogen (secondary N) is 1. The van der Waals surface area contributed by atoms with Crippen LogP contribution in [0.3, 0.4) is 0 Å². The number of benzene rings is 2. The molecule has 1 saturated heterocycles. The monoisotopic (exact) mass is 390 g/mol. The summed E-state index contributed by atoms with van der Waals surface area (Å²) in [5.74, 6) is -0.996. The quantitative estimate of drug-likeness (QED) is 0.858. The molecule has 1 aliphatic rings. The van der Waals surface area contributed by atoms with Crippen molar-refractivity contribution in [2.75, 3.05) is 11.4 Å². The van der Waals surface area contributed by atoms with Crippen molar-refractivity contribution in [1.29, 1.82) is 0 Å². The van der Waals surface area contributed by atoms with Crippen molar-refractivity contribution >= 4 is 17.5 Å². The number of nitrogens with zero attached hydrogens (tertiary/aromatic N) is 1. The van der Waals surface area contributed by atoms with Crippen LogP contribution in [0.25, 0.3) is 0 Å². The fraction of sp³-hybridized carbons (Fsp3) is 0.333. The number of halogens is 3. The van der Waals surface area contributed by atoms with E-state index in [4.69, 9.17) is 0 Å². The average molecular weight is 390 g/mol. The van der Waals surface area contributed by atoms with Crippen molar-refractivity contribution in [3.63, 3.8) is 0 Å². The maximum atomic E-state index is 12.8. The summed E-state index contributed by atoms with van der Waals surface area (Å²) in [6.07, 6.45) is -4.34. The van der Waals surface area contributed by atoms with Crippen molar-refractivity contribution in [3.8, 4) is 0 Å². The zero-order valence-corrected chi connectivity index (χ0v) is 15.6. The molecule has 7 heteroatoms. The van der Waals surface area contributed by atoms with E-state index in [1.54, 1.807) is 4.90 Å². The number of aryl methyl sites for hydroxylation is 1. The molecule has 4 nitrogen and oxygen atoms in total. The van der Waals surface area contributed by atoms with Crippen molar-refractivity contribution in [2.45, 2.75) is 33.0 Å². The molecule has 2 aromatic carbocycles. The van der Waals surface area contributed by atoms with Gasteiger partial charge in [-0.1, -0.05) is 24.3 Å². The van der Waals surface area contributed by atoms with Crippen LogP contribution in [0.2, 0.25) is 0 Å². The van der Waals surface area contributed by atoms with Crippen LogP contribution < -0.4 is 10.2 Å². The van der Waals surface area contributed by atoms with Gasteiger partial charge in [-0.2, -0.15) is 13.2 Å². The van der Waals surface area contributed by atoms with Gasteiger partial charge in [0.1, 0.15) is 0 Å². The molecule has 0 spiro atoms. The lowest BCUT2D eigenvalue weighted by Gasteiger charge is -2.20. The molecule has 0 bridgehead atoms. The molecule has 0 aliphatic carbocycles. The lowest BCUT2D eigenvalue weighted by Crippen LogP contribution is -2.32. The normalized spacial score (nSPS) is 17.1. The summed E-state index contributed by atoms with van der Waals surface area (Å²) in [5.41, 5.74) is 2.44. The van der Waals surface area contributed by atoms with Gasteiger partial charge < -0.3 is 10.2 Å². The van der Waals surface area contributed by atoms with Crippen molar-refractivity contribution in [2.24, 2.45) is 5.92 Å². The zero-order valence-electron chi connectivity index (χ0n) is 15.6. The van der Waals surface area contributed by atoms with Crippen molar-refractivity contribution in [1.82, 2.24) is 5.32 Å². The molecular formula is C21H21F3N2O2. The number of alkyl halides is 3. The van der Waals surface area contributed by atoms with Crippen LogP contribution in [-0.2, 0) is 22.3 Å². The molecule has 28 heavy (non-hydrogen) atoms. The second kappa shape index (κ2) is 7.66. The van der Waals surface area contributed by atoms with Gasteiger partial charge in [0.05, 0.1) is 11.5 Å². The highest BCUT2D eigenvalue weighted by atomic mass is 19.4. The Bertz CT molecular complexity index is 909. The first-order valence-corrected chi connectivity index (χ1v) is 8.97. The van der Waals surface area contributed by atoms with Gasteiger partial charge in [0.15, 0.2) is 0 Å². The van der Waals surface area contributed by atoms with E-state index >= 15 is 0 Å². The largest absolute Gasteiger partial charge is 0.416 e. The third-order valence-electron chi connectivity index (χ3n) is 5.08. The first kappa shape index (κ1) is 19.9. The predicted octanol–water partition coefficient (Wildman–Crippen LogP) is 3.99. The summed E-state index contributed by atoms with van der Waals surface area (Å²) in [6, 6.07) is 10.5. The number of hydrogen-bond acceptors (Lipinski definition) is 2. The van der Waals surface area contributed by atoms with Crippen LogP contribution in [0.5, 0.6) is 0 Å². The second-order valence-corrected chi connectivity index (χ2v) is 7.04. The first-order valence-electron chi connectivity index (χ1n) is 8.97. The topological polar surface area (TPSA) is 49.4 Å². The SMILES string of the molecule is Cc1cccc(N2CC(C(=O)NCc3cccc(C(F)(F)F)c3)CC2=O)c1C. The van der Waals surface area contributed by atoms with E-state index < -0.39 is 17.7 Å². The van der Waals surface area contributed by atoms with E-state index in [9.17, 15) is 22.8 Å². The molecule has 0 radical (unpaired) electrons. The van der Waals surface area contributed by atoms with Crippen molar-refractivity contribution in [3.05, 3.63) is 64.7 Å². The van der Waals surface area contributed by atoms with Gasteiger partial charge in [-0.05, 0) is 48.7 Å². The number of anilines is 1. The number of rotatable bonds is 4. The highest BCUT2D eigenvalue weighted by molar-refractivity contribution is 6.00. The number of amides is 2. The molecule has 2 amide bonds. The Labute approximate surface area is 161 Å². The minimum atomic E-state index is -4.43. The lowest BCUT2D eigenvalue weighted by atomic mass is 10.1. The van der Waals surface area contributed by atoms with Gasteiger partial charge in [0.2, 0.25) is 11.8 Å².